The summed E-state index contributed by atoms with van der Waals surface area (Å²) < 4.78 is 10.0. The van der Waals surface area contributed by atoms with Gasteiger partial charge in [-0.25, -0.2) is 4.79 Å². The first-order chi connectivity index (χ1) is 14.0. The summed E-state index contributed by atoms with van der Waals surface area (Å²) in [7, 11) is 2.74. The summed E-state index contributed by atoms with van der Waals surface area (Å²) in [6.45, 7) is 0. The Morgan fingerprint density at radius 3 is 2.31 bits per heavy atom. The van der Waals surface area contributed by atoms with Gasteiger partial charge in [-0.05, 0) is 35.4 Å². The van der Waals surface area contributed by atoms with Gasteiger partial charge in [0, 0.05) is 11.1 Å². The van der Waals surface area contributed by atoms with Crippen LogP contribution in [0.1, 0.15) is 36.6 Å². The van der Waals surface area contributed by atoms with E-state index in [1.807, 2.05) is 18.2 Å². The summed E-state index contributed by atoms with van der Waals surface area (Å²) in [6.07, 6.45) is 0. The van der Waals surface area contributed by atoms with Crippen LogP contribution in [0.4, 0.5) is 5.69 Å². The van der Waals surface area contributed by atoms with Crippen molar-refractivity contribution >= 4 is 23.3 Å². The van der Waals surface area contributed by atoms with Gasteiger partial charge in [0.25, 0.3) is 5.91 Å². The Kier molecular flexibility index (Phi) is 4.60. The molecule has 0 saturated heterocycles. The summed E-state index contributed by atoms with van der Waals surface area (Å²) in [5.74, 6) is -0.803. The number of hydrogen-bond donors (Lipinski definition) is 1. The number of rotatable bonds is 4. The molecule has 0 radical (unpaired) electrons. The fourth-order valence-electron chi connectivity index (χ4n) is 3.50. The predicted molar refractivity (Wildman–Crippen MR) is 108 cm³/mol. The third kappa shape index (κ3) is 3.04. The molecule has 3 aromatic carbocycles. The van der Waals surface area contributed by atoms with Crippen molar-refractivity contribution in [3.8, 4) is 16.9 Å². The van der Waals surface area contributed by atoms with Gasteiger partial charge in [-0.2, -0.15) is 0 Å². The molecule has 3 aromatic rings. The number of anilines is 1. The first kappa shape index (κ1) is 18.4. The number of hydrogen-bond acceptors (Lipinski definition) is 5. The molecule has 1 aliphatic rings. The van der Waals surface area contributed by atoms with E-state index in [9.17, 15) is 14.4 Å². The molecule has 0 fully saturated rings. The number of ether oxygens (including phenoxy) is 2. The number of nitrogens with one attached hydrogen (secondary N) is 1. The Bertz CT molecular complexity index is 1170. The van der Waals surface area contributed by atoms with Crippen molar-refractivity contribution in [2.75, 3.05) is 19.5 Å². The van der Waals surface area contributed by atoms with Crippen LogP contribution >= 0.6 is 0 Å². The minimum absolute atomic E-state index is 0.184. The summed E-state index contributed by atoms with van der Waals surface area (Å²) in [5.41, 5.74) is 3.32. The molecule has 6 heteroatoms. The molecule has 0 spiro atoms. The van der Waals surface area contributed by atoms with E-state index in [2.05, 4.69) is 5.32 Å². The van der Waals surface area contributed by atoms with Crippen LogP contribution in [0, 0.1) is 0 Å². The van der Waals surface area contributed by atoms with E-state index in [1.54, 1.807) is 36.4 Å². The van der Waals surface area contributed by atoms with Crippen molar-refractivity contribution in [3.63, 3.8) is 0 Å². The maximum atomic E-state index is 13.1. The summed E-state index contributed by atoms with van der Waals surface area (Å²) in [4.78, 5) is 37.8. The average Bonchev–Trinajstić information content (AvgIpc) is 3.05. The number of ketones is 1. The molecule has 6 nitrogen and oxygen atoms in total. The van der Waals surface area contributed by atoms with Gasteiger partial charge in [-0.1, -0.05) is 36.4 Å². The van der Waals surface area contributed by atoms with Crippen molar-refractivity contribution in [2.45, 2.75) is 0 Å². The SMILES string of the molecule is COC(=O)c1ccc(OC)c(NC(=O)c2cccc3c2C(=O)c2ccccc2-3)c1. The van der Waals surface area contributed by atoms with E-state index >= 15 is 0 Å². The maximum Gasteiger partial charge on any atom is 0.337 e. The zero-order valence-electron chi connectivity index (χ0n) is 15.8. The molecule has 1 aliphatic carbocycles. The fourth-order valence-corrected chi connectivity index (χ4v) is 3.50. The van der Waals surface area contributed by atoms with Crippen molar-refractivity contribution < 1.29 is 23.9 Å². The van der Waals surface area contributed by atoms with E-state index in [0.717, 1.165) is 11.1 Å². The van der Waals surface area contributed by atoms with Crippen LogP contribution in [0.15, 0.2) is 60.7 Å². The molecule has 4 rings (SSSR count). The maximum absolute atomic E-state index is 13.1. The lowest BCUT2D eigenvalue weighted by Gasteiger charge is -2.13. The molecule has 1 amide bonds. The average molecular weight is 387 g/mol. The van der Waals surface area contributed by atoms with Gasteiger partial charge in [0.1, 0.15) is 5.75 Å². The van der Waals surface area contributed by atoms with E-state index in [1.165, 1.54) is 20.3 Å². The zero-order chi connectivity index (χ0) is 20.5. The third-order valence-corrected chi connectivity index (χ3v) is 4.87. The molecule has 29 heavy (non-hydrogen) atoms. The lowest BCUT2D eigenvalue weighted by molar-refractivity contribution is 0.0600. The highest BCUT2D eigenvalue weighted by molar-refractivity contribution is 6.26. The molecule has 0 aliphatic heterocycles. The summed E-state index contributed by atoms with van der Waals surface area (Å²) in [5, 5.41) is 2.75. The molecule has 0 unspecified atom stereocenters. The second-order valence-corrected chi connectivity index (χ2v) is 6.46. The fraction of sp³-hybridized carbons (Fsp3) is 0.0870. The summed E-state index contributed by atoms with van der Waals surface area (Å²) >= 11 is 0. The quantitative estimate of drug-likeness (QED) is 0.536. The smallest absolute Gasteiger partial charge is 0.337 e. The number of amides is 1. The van der Waals surface area contributed by atoms with Crippen molar-refractivity contribution in [1.82, 2.24) is 0 Å². The van der Waals surface area contributed by atoms with Gasteiger partial charge in [0.15, 0.2) is 5.78 Å². The Balaban J connectivity index is 1.73. The van der Waals surface area contributed by atoms with Crippen LogP contribution in [0.2, 0.25) is 0 Å². The lowest BCUT2D eigenvalue weighted by atomic mass is 10.00. The monoisotopic (exact) mass is 387 g/mol. The van der Waals surface area contributed by atoms with E-state index in [4.69, 9.17) is 9.47 Å². The Morgan fingerprint density at radius 1 is 0.862 bits per heavy atom. The van der Waals surface area contributed by atoms with Crippen molar-refractivity contribution in [2.24, 2.45) is 0 Å². The molecule has 0 aromatic heterocycles. The van der Waals surface area contributed by atoms with Crippen LogP contribution in [0.25, 0.3) is 11.1 Å². The second-order valence-electron chi connectivity index (χ2n) is 6.46. The Morgan fingerprint density at radius 2 is 1.59 bits per heavy atom. The second kappa shape index (κ2) is 7.24. The van der Waals surface area contributed by atoms with Crippen molar-refractivity contribution in [3.05, 3.63) is 82.9 Å². The highest BCUT2D eigenvalue weighted by Gasteiger charge is 2.30. The number of esters is 1. The minimum Gasteiger partial charge on any atom is -0.495 e. The Labute approximate surface area is 167 Å². The van der Waals surface area contributed by atoms with E-state index < -0.39 is 11.9 Å². The molecule has 0 atom stereocenters. The topological polar surface area (TPSA) is 81.7 Å². The van der Waals surface area contributed by atoms with Crippen LogP contribution in [0.3, 0.4) is 0 Å². The van der Waals surface area contributed by atoms with Gasteiger partial charge >= 0.3 is 5.97 Å². The summed E-state index contributed by atoms with van der Waals surface area (Å²) in [6, 6.07) is 17.0. The van der Waals surface area contributed by atoms with Crippen LogP contribution in [-0.4, -0.2) is 31.9 Å². The molecule has 1 N–H and O–H groups in total. The van der Waals surface area contributed by atoms with Gasteiger partial charge in [-0.15, -0.1) is 0 Å². The predicted octanol–water partition coefficient (Wildman–Crippen LogP) is 3.95. The zero-order valence-corrected chi connectivity index (χ0v) is 15.8. The molecule has 0 saturated carbocycles. The highest BCUT2D eigenvalue weighted by atomic mass is 16.5. The molecule has 0 bridgehead atoms. The highest BCUT2D eigenvalue weighted by Crippen LogP contribution is 2.38. The number of fused-ring (bicyclic) bond motifs is 3. The van der Waals surface area contributed by atoms with Gasteiger partial charge in [-0.3, -0.25) is 9.59 Å². The first-order valence-electron chi connectivity index (χ1n) is 8.90. The van der Waals surface area contributed by atoms with Gasteiger partial charge in [0.2, 0.25) is 0 Å². The normalized spacial score (nSPS) is 11.4. The molecule has 0 heterocycles. The molecular weight excluding hydrogens is 370 g/mol. The van der Waals surface area contributed by atoms with Gasteiger partial charge < -0.3 is 14.8 Å². The number of methoxy groups -OCH3 is 2. The number of carbonyl (C=O) groups excluding carboxylic acids is 3. The molecular formula is C23H17NO5. The standard InChI is InChI=1S/C23H17NO5/c1-28-19-11-10-13(23(27)29-2)12-18(19)24-22(26)17-9-5-8-15-14-6-3-4-7-16(14)21(25)20(15)17/h3-12H,1-2H3,(H,24,26). The minimum atomic E-state index is -0.533. The number of benzene rings is 3. The first-order valence-corrected chi connectivity index (χ1v) is 8.90. The third-order valence-electron chi connectivity index (χ3n) is 4.87. The largest absolute Gasteiger partial charge is 0.495 e. The van der Waals surface area contributed by atoms with Crippen molar-refractivity contribution in [1.29, 1.82) is 0 Å². The van der Waals surface area contributed by atoms with E-state index in [-0.39, 0.29) is 16.9 Å². The Hall–Kier alpha value is -3.93. The molecule has 144 valence electrons. The van der Waals surface area contributed by atoms with Crippen LogP contribution in [-0.2, 0) is 4.74 Å². The van der Waals surface area contributed by atoms with E-state index in [0.29, 0.717) is 22.6 Å². The lowest BCUT2D eigenvalue weighted by Crippen LogP contribution is -2.17. The van der Waals surface area contributed by atoms with Crippen LogP contribution in [0.5, 0.6) is 5.75 Å². The number of carbonyl (C=O) groups is 3. The van der Waals surface area contributed by atoms with Crippen LogP contribution < -0.4 is 10.1 Å². The van der Waals surface area contributed by atoms with Gasteiger partial charge in [0.05, 0.1) is 31.0 Å².